The van der Waals surface area contributed by atoms with Crippen LogP contribution in [0.2, 0.25) is 0 Å². The molecule has 130 valence electrons. The number of furan rings is 1. The lowest BCUT2D eigenvalue weighted by atomic mass is 10.2. The lowest BCUT2D eigenvalue weighted by Crippen LogP contribution is -2.41. The van der Waals surface area contributed by atoms with Crippen molar-refractivity contribution in [2.45, 2.75) is 25.5 Å². The molecule has 1 unspecified atom stereocenters. The molecule has 1 saturated carbocycles. The number of hydrogen-bond donors (Lipinski definition) is 2. The molecule has 1 amide bonds. The zero-order valence-electron chi connectivity index (χ0n) is 13.0. The van der Waals surface area contributed by atoms with E-state index < -0.39 is 0 Å². The lowest BCUT2D eigenvalue weighted by Gasteiger charge is -2.14. The van der Waals surface area contributed by atoms with Crippen LogP contribution in [0, 0.1) is 11.7 Å². The highest BCUT2D eigenvalue weighted by Gasteiger charge is 2.31. The van der Waals surface area contributed by atoms with E-state index in [1.807, 2.05) is 0 Å². The van der Waals surface area contributed by atoms with E-state index in [0.717, 1.165) is 12.8 Å². The third-order valence-electron chi connectivity index (χ3n) is 3.84. The number of rotatable bonds is 7. The zero-order chi connectivity index (χ0) is 16.2. The molecule has 2 aromatic rings. The van der Waals surface area contributed by atoms with Crippen LogP contribution in [0.4, 0.5) is 4.39 Å². The number of nitrogens with two attached hydrogens (primary N) is 1. The molecule has 24 heavy (non-hydrogen) atoms. The maximum atomic E-state index is 12.8. The number of hydrogen-bond acceptors (Lipinski definition) is 4. The first-order valence-electron chi connectivity index (χ1n) is 7.63. The molecule has 5 nitrogen and oxygen atoms in total. The van der Waals surface area contributed by atoms with Gasteiger partial charge in [-0.2, -0.15) is 0 Å². The Morgan fingerprint density at radius 2 is 2.00 bits per heavy atom. The smallest absolute Gasteiger partial charge is 0.287 e. The van der Waals surface area contributed by atoms with Crippen molar-refractivity contribution in [3.63, 3.8) is 0 Å². The second-order valence-electron chi connectivity index (χ2n) is 5.66. The van der Waals surface area contributed by atoms with Crippen molar-refractivity contribution < 1.29 is 18.3 Å². The van der Waals surface area contributed by atoms with Gasteiger partial charge in [0.05, 0.1) is 0 Å². The van der Waals surface area contributed by atoms with Gasteiger partial charge in [0.25, 0.3) is 5.91 Å². The standard InChI is InChI=1S/C17H19FN2O3.ClH/c18-12-3-5-13(6-4-12)22-10-14-7-8-16(23-14)17(21)20-15(9-19)11-1-2-11;/h3-8,11,15H,1-2,9-10,19H2,(H,20,21);1H. The molecule has 1 fully saturated rings. The molecule has 1 atom stereocenters. The minimum Gasteiger partial charge on any atom is -0.486 e. The van der Waals surface area contributed by atoms with Gasteiger partial charge >= 0.3 is 0 Å². The maximum Gasteiger partial charge on any atom is 0.287 e. The van der Waals surface area contributed by atoms with E-state index in [1.165, 1.54) is 24.3 Å². The van der Waals surface area contributed by atoms with Crippen LogP contribution in [0.25, 0.3) is 0 Å². The van der Waals surface area contributed by atoms with Gasteiger partial charge in [0.1, 0.15) is 23.9 Å². The third kappa shape index (κ3) is 4.72. The summed E-state index contributed by atoms with van der Waals surface area (Å²) in [6, 6.07) is 9.02. The van der Waals surface area contributed by atoms with E-state index >= 15 is 0 Å². The Kier molecular flexibility index (Phi) is 6.23. The fourth-order valence-electron chi connectivity index (χ4n) is 2.37. The first kappa shape index (κ1) is 18.3. The fourth-order valence-corrected chi connectivity index (χ4v) is 2.37. The monoisotopic (exact) mass is 354 g/mol. The molecule has 0 spiro atoms. The number of carbonyl (C=O) groups excluding carboxylic acids is 1. The lowest BCUT2D eigenvalue weighted by molar-refractivity contribution is 0.0901. The molecule has 3 rings (SSSR count). The van der Waals surface area contributed by atoms with Crippen molar-refractivity contribution in [2.24, 2.45) is 11.7 Å². The number of amides is 1. The van der Waals surface area contributed by atoms with Crippen LogP contribution in [-0.4, -0.2) is 18.5 Å². The summed E-state index contributed by atoms with van der Waals surface area (Å²) >= 11 is 0. The number of ether oxygens (including phenoxy) is 1. The van der Waals surface area contributed by atoms with Gasteiger partial charge in [0.15, 0.2) is 5.76 Å². The van der Waals surface area contributed by atoms with Gasteiger partial charge < -0.3 is 20.2 Å². The first-order chi connectivity index (χ1) is 11.2. The SMILES string of the molecule is Cl.NCC(NC(=O)c1ccc(COc2ccc(F)cc2)o1)C1CC1. The average molecular weight is 355 g/mol. The molecular formula is C17H20ClFN2O3. The van der Waals surface area contributed by atoms with E-state index in [0.29, 0.717) is 24.0 Å². The van der Waals surface area contributed by atoms with Crippen molar-refractivity contribution >= 4 is 18.3 Å². The third-order valence-corrected chi connectivity index (χ3v) is 3.84. The van der Waals surface area contributed by atoms with Crippen molar-refractivity contribution in [3.05, 3.63) is 53.7 Å². The fraction of sp³-hybridized carbons (Fsp3) is 0.353. The molecule has 1 aromatic carbocycles. The van der Waals surface area contributed by atoms with Gasteiger partial charge in [-0.3, -0.25) is 4.79 Å². The highest BCUT2D eigenvalue weighted by atomic mass is 35.5. The second kappa shape index (κ2) is 8.17. The van der Waals surface area contributed by atoms with Gasteiger partial charge in [-0.1, -0.05) is 0 Å². The molecular weight excluding hydrogens is 335 g/mol. The van der Waals surface area contributed by atoms with Gasteiger partial charge in [-0.05, 0) is 55.2 Å². The van der Waals surface area contributed by atoms with Gasteiger partial charge in [-0.25, -0.2) is 4.39 Å². The van der Waals surface area contributed by atoms with Gasteiger partial charge in [0.2, 0.25) is 0 Å². The zero-order valence-corrected chi connectivity index (χ0v) is 13.9. The maximum absolute atomic E-state index is 12.8. The summed E-state index contributed by atoms with van der Waals surface area (Å²) in [6.07, 6.45) is 2.22. The van der Waals surface area contributed by atoms with Gasteiger partial charge in [0, 0.05) is 12.6 Å². The van der Waals surface area contributed by atoms with Crippen LogP contribution >= 0.6 is 12.4 Å². The summed E-state index contributed by atoms with van der Waals surface area (Å²) in [5.74, 6) is 1.20. The van der Waals surface area contributed by atoms with Crippen LogP contribution in [0.5, 0.6) is 5.75 Å². The van der Waals surface area contributed by atoms with Crippen LogP contribution in [0.15, 0.2) is 40.8 Å². The molecule has 0 radical (unpaired) electrons. The molecule has 1 aromatic heterocycles. The summed E-state index contributed by atoms with van der Waals surface area (Å²) in [4.78, 5) is 12.1. The summed E-state index contributed by atoms with van der Waals surface area (Å²) in [5.41, 5.74) is 5.68. The van der Waals surface area contributed by atoms with Crippen molar-refractivity contribution in [1.82, 2.24) is 5.32 Å². The van der Waals surface area contributed by atoms with E-state index in [-0.39, 0.29) is 42.5 Å². The Hall–Kier alpha value is -2.05. The predicted molar refractivity (Wildman–Crippen MR) is 89.7 cm³/mol. The van der Waals surface area contributed by atoms with Crippen molar-refractivity contribution in [1.29, 1.82) is 0 Å². The number of carbonyl (C=O) groups is 1. The molecule has 7 heteroatoms. The van der Waals surface area contributed by atoms with E-state index in [9.17, 15) is 9.18 Å². The Balaban J connectivity index is 0.00000208. The molecule has 1 aliphatic carbocycles. The molecule has 3 N–H and O–H groups in total. The topological polar surface area (TPSA) is 77.5 Å². The Morgan fingerprint density at radius 1 is 1.29 bits per heavy atom. The molecule has 0 saturated heterocycles. The summed E-state index contributed by atoms with van der Waals surface area (Å²) in [6.45, 7) is 0.597. The van der Waals surface area contributed by atoms with Crippen molar-refractivity contribution in [3.8, 4) is 5.75 Å². The van der Waals surface area contributed by atoms with Crippen LogP contribution in [0.3, 0.4) is 0 Å². The average Bonchev–Trinajstić information content (AvgIpc) is 3.29. The number of halogens is 2. The summed E-state index contributed by atoms with van der Waals surface area (Å²) in [5, 5.41) is 2.90. The Labute approximate surface area is 145 Å². The summed E-state index contributed by atoms with van der Waals surface area (Å²) in [7, 11) is 0. The largest absolute Gasteiger partial charge is 0.486 e. The Morgan fingerprint density at radius 3 is 2.62 bits per heavy atom. The van der Waals surface area contributed by atoms with E-state index in [4.69, 9.17) is 14.9 Å². The normalized spacial score (nSPS) is 14.6. The highest BCUT2D eigenvalue weighted by Crippen LogP contribution is 2.32. The minimum absolute atomic E-state index is 0. The van der Waals surface area contributed by atoms with E-state index in [1.54, 1.807) is 12.1 Å². The second-order valence-corrected chi connectivity index (χ2v) is 5.66. The van der Waals surface area contributed by atoms with Crippen LogP contribution < -0.4 is 15.8 Å². The molecule has 0 aliphatic heterocycles. The molecule has 1 heterocycles. The summed E-state index contributed by atoms with van der Waals surface area (Å²) < 4.78 is 23.8. The van der Waals surface area contributed by atoms with Crippen LogP contribution in [0.1, 0.15) is 29.2 Å². The number of nitrogens with one attached hydrogen (secondary N) is 1. The predicted octanol–water partition coefficient (Wildman–Crippen LogP) is 2.89. The number of benzene rings is 1. The molecule has 1 aliphatic rings. The minimum atomic E-state index is -0.320. The Bertz CT molecular complexity index is 671. The van der Waals surface area contributed by atoms with Crippen molar-refractivity contribution in [2.75, 3.05) is 6.54 Å². The van der Waals surface area contributed by atoms with Crippen LogP contribution in [-0.2, 0) is 6.61 Å². The van der Waals surface area contributed by atoms with E-state index in [2.05, 4.69) is 5.32 Å². The quantitative estimate of drug-likeness (QED) is 0.801. The highest BCUT2D eigenvalue weighted by molar-refractivity contribution is 5.91. The first-order valence-corrected chi connectivity index (χ1v) is 7.63. The van der Waals surface area contributed by atoms with Gasteiger partial charge in [-0.15, -0.1) is 12.4 Å². The molecule has 0 bridgehead atoms.